The molecule has 2 saturated carbocycles. The smallest absolute Gasteiger partial charge is 0.333 e. The summed E-state index contributed by atoms with van der Waals surface area (Å²) in [7, 11) is 0. The van der Waals surface area contributed by atoms with Crippen molar-refractivity contribution in [1.29, 1.82) is 0 Å². The highest BCUT2D eigenvalue weighted by molar-refractivity contribution is 5.87. The summed E-state index contributed by atoms with van der Waals surface area (Å²) in [4.78, 5) is 22.4. The van der Waals surface area contributed by atoms with Gasteiger partial charge in [0.15, 0.2) is 0 Å². The molecule has 0 amide bonds. The summed E-state index contributed by atoms with van der Waals surface area (Å²) in [6.07, 6.45) is 3.70. The fourth-order valence-corrected chi connectivity index (χ4v) is 4.41. The number of esters is 2. The third kappa shape index (κ3) is 6.22. The van der Waals surface area contributed by atoms with Gasteiger partial charge in [-0.05, 0) is 55.3 Å². The molecule has 2 aliphatic rings. The van der Waals surface area contributed by atoms with E-state index in [1.807, 2.05) is 0 Å². The van der Waals surface area contributed by atoms with E-state index < -0.39 is 0 Å². The molecule has 0 heterocycles. The average Bonchev–Trinajstić information content (AvgIpc) is 2.98. The summed E-state index contributed by atoms with van der Waals surface area (Å²) < 4.78 is 10.7. The zero-order chi connectivity index (χ0) is 20.9. The molecule has 0 N–H and O–H groups in total. The van der Waals surface area contributed by atoms with Crippen molar-refractivity contribution in [3.8, 4) is 0 Å². The number of ether oxygens (including phenoxy) is 2. The molecule has 0 bridgehead atoms. The molecule has 0 aromatic heterocycles. The Morgan fingerprint density at radius 3 is 1.52 bits per heavy atom. The lowest BCUT2D eigenvalue weighted by Crippen LogP contribution is -2.26. The summed E-state index contributed by atoms with van der Waals surface area (Å²) in [5.41, 5.74) is 0.490. The van der Waals surface area contributed by atoms with E-state index in [0.29, 0.717) is 41.1 Å². The first kappa shape index (κ1) is 23.5. The van der Waals surface area contributed by atoms with Crippen LogP contribution < -0.4 is 0 Å². The number of hydrogen-bond acceptors (Lipinski definition) is 4. The highest BCUT2D eigenvalue weighted by Gasteiger charge is 2.39. The predicted octanol–water partition coefficient (Wildman–Crippen LogP) is 5.18. The molecule has 0 aromatic rings. The van der Waals surface area contributed by atoms with E-state index in [-0.39, 0.29) is 24.1 Å². The van der Waals surface area contributed by atoms with Crippen LogP contribution in [-0.4, -0.2) is 24.1 Å². The SMILES string of the molecule is C=C(C)C(=O)OC1C(C)CC(C)C1C.C=CC(=O)OC1C(C)CC(C)C1C. The van der Waals surface area contributed by atoms with E-state index in [0.717, 1.165) is 12.8 Å². The van der Waals surface area contributed by atoms with Crippen molar-refractivity contribution >= 4 is 11.9 Å². The molecule has 2 fully saturated rings. The highest BCUT2D eigenvalue weighted by atomic mass is 16.5. The molecule has 8 unspecified atom stereocenters. The van der Waals surface area contributed by atoms with Crippen LogP contribution in [0.15, 0.2) is 24.8 Å². The van der Waals surface area contributed by atoms with Crippen LogP contribution in [0.4, 0.5) is 0 Å². The summed E-state index contributed by atoms with van der Waals surface area (Å²) in [5.74, 6) is 2.65. The average molecular weight is 379 g/mol. The molecule has 4 nitrogen and oxygen atoms in total. The Kier molecular flexibility index (Phi) is 8.77. The van der Waals surface area contributed by atoms with E-state index in [1.165, 1.54) is 6.08 Å². The van der Waals surface area contributed by atoms with Gasteiger partial charge in [-0.25, -0.2) is 9.59 Å². The van der Waals surface area contributed by atoms with E-state index in [1.54, 1.807) is 6.92 Å². The Labute approximate surface area is 165 Å². The van der Waals surface area contributed by atoms with E-state index >= 15 is 0 Å². The van der Waals surface area contributed by atoms with Crippen molar-refractivity contribution in [3.63, 3.8) is 0 Å². The first-order chi connectivity index (χ1) is 12.5. The zero-order valence-corrected chi connectivity index (χ0v) is 18.2. The molecular weight excluding hydrogens is 340 g/mol. The third-order valence-corrected chi connectivity index (χ3v) is 6.45. The third-order valence-electron chi connectivity index (χ3n) is 6.45. The van der Waals surface area contributed by atoms with Gasteiger partial charge in [-0.3, -0.25) is 0 Å². The fourth-order valence-electron chi connectivity index (χ4n) is 4.41. The molecule has 0 radical (unpaired) electrons. The Hall–Kier alpha value is -1.58. The fraction of sp³-hybridized carbons (Fsp3) is 0.739. The van der Waals surface area contributed by atoms with Crippen molar-refractivity contribution in [2.75, 3.05) is 0 Å². The molecule has 2 rings (SSSR count). The topological polar surface area (TPSA) is 52.6 Å². The predicted molar refractivity (Wildman–Crippen MR) is 109 cm³/mol. The minimum absolute atomic E-state index is 0.0780. The van der Waals surface area contributed by atoms with Crippen LogP contribution in [0.3, 0.4) is 0 Å². The van der Waals surface area contributed by atoms with Gasteiger partial charge in [0.05, 0.1) is 0 Å². The van der Waals surface area contributed by atoms with Gasteiger partial charge in [0.2, 0.25) is 0 Å². The molecule has 2 aliphatic carbocycles. The van der Waals surface area contributed by atoms with Gasteiger partial charge >= 0.3 is 11.9 Å². The van der Waals surface area contributed by atoms with Gasteiger partial charge in [0, 0.05) is 11.6 Å². The van der Waals surface area contributed by atoms with Crippen molar-refractivity contribution in [1.82, 2.24) is 0 Å². The van der Waals surface area contributed by atoms with Crippen LogP contribution in [0.25, 0.3) is 0 Å². The lowest BCUT2D eigenvalue weighted by molar-refractivity contribution is -0.148. The van der Waals surface area contributed by atoms with Crippen molar-refractivity contribution in [3.05, 3.63) is 24.8 Å². The van der Waals surface area contributed by atoms with Crippen molar-refractivity contribution < 1.29 is 19.1 Å². The molecule has 0 aliphatic heterocycles. The molecule has 27 heavy (non-hydrogen) atoms. The summed E-state index contributed by atoms with van der Waals surface area (Å²) >= 11 is 0. The molecule has 0 aromatic carbocycles. The van der Waals surface area contributed by atoms with Crippen LogP contribution in [0.1, 0.15) is 61.3 Å². The van der Waals surface area contributed by atoms with Crippen molar-refractivity contribution in [2.24, 2.45) is 35.5 Å². The van der Waals surface area contributed by atoms with Gasteiger partial charge in [-0.15, -0.1) is 0 Å². The monoisotopic (exact) mass is 378 g/mol. The Morgan fingerprint density at radius 2 is 1.22 bits per heavy atom. The molecule has 154 valence electrons. The van der Waals surface area contributed by atoms with Gasteiger partial charge in [0.1, 0.15) is 12.2 Å². The lowest BCUT2D eigenvalue weighted by Gasteiger charge is -2.21. The quantitative estimate of drug-likeness (QED) is 0.499. The molecular formula is C23H38O4. The minimum Gasteiger partial charge on any atom is -0.459 e. The highest BCUT2D eigenvalue weighted by Crippen LogP contribution is 2.38. The van der Waals surface area contributed by atoms with Gasteiger partial charge < -0.3 is 9.47 Å². The van der Waals surface area contributed by atoms with Crippen molar-refractivity contribution in [2.45, 2.75) is 73.5 Å². The molecule has 0 spiro atoms. The van der Waals surface area contributed by atoms with E-state index in [2.05, 4.69) is 54.7 Å². The maximum Gasteiger partial charge on any atom is 0.333 e. The summed E-state index contributed by atoms with van der Waals surface area (Å²) in [5, 5.41) is 0. The zero-order valence-electron chi connectivity index (χ0n) is 18.2. The standard InChI is InChI=1S/C12H20O2.C11H18O2/c1-7(2)12(13)14-11-9(4)6-8(3)10(11)5;1-5-10(12)13-11-8(3)6-7(2)9(11)4/h8-11H,1,6H2,2-5H3;5,7-9,11H,1,6H2,2-4H3. The van der Waals surface area contributed by atoms with Crippen LogP contribution in [0, 0.1) is 35.5 Å². The first-order valence-corrected chi connectivity index (χ1v) is 10.2. The second-order valence-corrected chi connectivity index (χ2v) is 8.85. The van der Waals surface area contributed by atoms with Gasteiger partial charge in [-0.2, -0.15) is 0 Å². The van der Waals surface area contributed by atoms with Gasteiger partial charge in [-0.1, -0.05) is 54.7 Å². The Balaban J connectivity index is 0.000000271. The molecule has 0 saturated heterocycles. The lowest BCUT2D eigenvalue weighted by atomic mass is 9.99. The number of rotatable bonds is 4. The second kappa shape index (κ2) is 10.1. The molecule has 8 atom stereocenters. The van der Waals surface area contributed by atoms with Crippen LogP contribution in [0.5, 0.6) is 0 Å². The first-order valence-electron chi connectivity index (χ1n) is 10.2. The van der Waals surface area contributed by atoms with Gasteiger partial charge in [0.25, 0.3) is 0 Å². The summed E-state index contributed by atoms with van der Waals surface area (Å²) in [6.45, 7) is 21.7. The number of hydrogen-bond donors (Lipinski definition) is 0. The Morgan fingerprint density at radius 1 is 0.815 bits per heavy atom. The maximum absolute atomic E-state index is 11.4. The largest absolute Gasteiger partial charge is 0.459 e. The van der Waals surface area contributed by atoms with E-state index in [4.69, 9.17) is 9.47 Å². The summed E-state index contributed by atoms with van der Waals surface area (Å²) in [6, 6.07) is 0. The molecule has 4 heteroatoms. The van der Waals surface area contributed by atoms with Crippen LogP contribution >= 0.6 is 0 Å². The Bertz CT molecular complexity index is 553. The number of carbonyl (C=O) groups is 2. The second-order valence-electron chi connectivity index (χ2n) is 8.85. The van der Waals surface area contributed by atoms with Crippen LogP contribution in [0.2, 0.25) is 0 Å². The normalized spacial score (nSPS) is 37.7. The maximum atomic E-state index is 11.4. The van der Waals surface area contributed by atoms with E-state index in [9.17, 15) is 9.59 Å². The number of carbonyl (C=O) groups excluding carboxylic acids is 2. The van der Waals surface area contributed by atoms with Crippen LogP contribution in [-0.2, 0) is 19.1 Å². The minimum atomic E-state index is -0.294.